The summed E-state index contributed by atoms with van der Waals surface area (Å²) >= 11 is 1.76. The van der Waals surface area contributed by atoms with Crippen LogP contribution < -0.4 is 5.32 Å². The van der Waals surface area contributed by atoms with Gasteiger partial charge in [-0.1, -0.05) is 18.9 Å². The zero-order valence-electron chi connectivity index (χ0n) is 12.2. The number of thiophene rings is 1. The molecule has 6 heteroatoms. The van der Waals surface area contributed by atoms with Crippen LogP contribution in [0.25, 0.3) is 0 Å². The van der Waals surface area contributed by atoms with Gasteiger partial charge in [0.1, 0.15) is 0 Å². The quantitative estimate of drug-likeness (QED) is 0.840. The first-order valence-electron chi connectivity index (χ1n) is 7.17. The molecule has 0 radical (unpaired) electrons. The molecular weight excluding hydrogens is 292 g/mol. The molecule has 1 unspecified atom stereocenters. The van der Waals surface area contributed by atoms with Gasteiger partial charge >= 0.3 is 0 Å². The minimum Gasteiger partial charge on any atom is -0.308 e. The summed E-state index contributed by atoms with van der Waals surface area (Å²) in [6.07, 6.45) is 5.08. The van der Waals surface area contributed by atoms with Crippen LogP contribution in [0.2, 0.25) is 0 Å². The molecule has 1 aromatic heterocycles. The highest BCUT2D eigenvalue weighted by molar-refractivity contribution is 7.89. The predicted molar refractivity (Wildman–Crippen MR) is 84.5 cm³/mol. The largest absolute Gasteiger partial charge is 0.308 e. The second-order valence-corrected chi connectivity index (χ2v) is 8.87. The lowest BCUT2D eigenvalue weighted by Gasteiger charge is -2.24. The molecule has 0 bridgehead atoms. The van der Waals surface area contributed by atoms with Crippen molar-refractivity contribution in [3.63, 3.8) is 0 Å². The Morgan fingerprint density at radius 3 is 2.65 bits per heavy atom. The summed E-state index contributed by atoms with van der Waals surface area (Å²) in [6, 6.07) is 4.54. The van der Waals surface area contributed by atoms with Gasteiger partial charge in [-0.2, -0.15) is 0 Å². The van der Waals surface area contributed by atoms with Crippen molar-refractivity contribution in [1.82, 2.24) is 9.62 Å². The fraction of sp³-hybridized carbons (Fsp3) is 0.714. The Balaban J connectivity index is 1.95. The van der Waals surface area contributed by atoms with Crippen LogP contribution in [0, 0.1) is 5.92 Å². The predicted octanol–water partition coefficient (Wildman–Crippen LogP) is 2.46. The van der Waals surface area contributed by atoms with Gasteiger partial charge in [-0.15, -0.1) is 11.3 Å². The van der Waals surface area contributed by atoms with Gasteiger partial charge in [0.2, 0.25) is 10.0 Å². The van der Waals surface area contributed by atoms with E-state index >= 15 is 0 Å². The average Bonchev–Trinajstić information content (AvgIpc) is 3.07. The fourth-order valence-corrected chi connectivity index (χ4v) is 4.42. The summed E-state index contributed by atoms with van der Waals surface area (Å²) in [5.74, 6) is 0.810. The van der Waals surface area contributed by atoms with Gasteiger partial charge in [-0.05, 0) is 30.2 Å². The molecule has 1 heterocycles. The fourth-order valence-electron chi connectivity index (χ4n) is 2.78. The average molecular weight is 316 g/mol. The molecule has 1 saturated carbocycles. The van der Waals surface area contributed by atoms with Crippen molar-refractivity contribution in [2.75, 3.05) is 26.4 Å². The first kappa shape index (κ1) is 15.9. The number of hydrogen-bond donors (Lipinski definition) is 1. The van der Waals surface area contributed by atoms with Crippen LogP contribution in [0.3, 0.4) is 0 Å². The first-order chi connectivity index (χ1) is 9.50. The maximum atomic E-state index is 11.8. The molecule has 1 fully saturated rings. The van der Waals surface area contributed by atoms with Crippen LogP contribution in [0.1, 0.15) is 36.6 Å². The highest BCUT2D eigenvalue weighted by Crippen LogP contribution is 2.37. The summed E-state index contributed by atoms with van der Waals surface area (Å²) in [4.78, 5) is 1.33. The molecule has 0 aliphatic heterocycles. The standard InChI is InChI=1S/C14H24N2O2S2/c1-16(2)20(17,18)11-9-15-14(12-6-3-4-7-12)13-8-5-10-19-13/h5,8,10,12,14-15H,3-4,6-7,9,11H2,1-2H3. The summed E-state index contributed by atoms with van der Waals surface area (Å²) in [5, 5.41) is 5.57. The molecule has 1 atom stereocenters. The van der Waals surface area contributed by atoms with E-state index in [1.807, 2.05) is 0 Å². The summed E-state index contributed by atoms with van der Waals surface area (Å²) in [7, 11) is 0.0608. The summed E-state index contributed by atoms with van der Waals surface area (Å²) < 4.78 is 24.9. The molecule has 0 saturated heterocycles. The normalized spacial score (nSPS) is 18.8. The zero-order chi connectivity index (χ0) is 14.6. The third kappa shape index (κ3) is 4.04. The Bertz CT molecular complexity index is 491. The van der Waals surface area contributed by atoms with Crippen LogP contribution in [0.5, 0.6) is 0 Å². The van der Waals surface area contributed by atoms with Gasteiger partial charge in [0.05, 0.1) is 5.75 Å². The van der Waals surface area contributed by atoms with Gasteiger partial charge in [0, 0.05) is 31.6 Å². The summed E-state index contributed by atoms with van der Waals surface area (Å²) in [6.45, 7) is 0.513. The van der Waals surface area contributed by atoms with Crippen LogP contribution in [-0.4, -0.2) is 39.1 Å². The Morgan fingerprint density at radius 1 is 1.40 bits per heavy atom. The molecule has 1 aliphatic carbocycles. The van der Waals surface area contributed by atoms with E-state index < -0.39 is 10.0 Å². The third-order valence-corrected chi connectivity index (χ3v) is 6.79. The molecule has 1 N–H and O–H groups in total. The molecule has 2 rings (SSSR count). The van der Waals surface area contributed by atoms with Gasteiger partial charge < -0.3 is 5.32 Å². The lowest BCUT2D eigenvalue weighted by molar-refractivity contribution is 0.378. The third-order valence-electron chi connectivity index (χ3n) is 4.00. The summed E-state index contributed by atoms with van der Waals surface area (Å²) in [5.41, 5.74) is 0. The first-order valence-corrected chi connectivity index (χ1v) is 9.66. The van der Waals surface area contributed by atoms with Gasteiger partial charge in [-0.25, -0.2) is 12.7 Å². The molecule has 4 nitrogen and oxygen atoms in total. The van der Waals surface area contributed by atoms with Crippen LogP contribution >= 0.6 is 11.3 Å². The lowest BCUT2D eigenvalue weighted by Crippen LogP contribution is -2.34. The van der Waals surface area contributed by atoms with E-state index in [0.717, 1.165) is 0 Å². The molecule has 1 aliphatic rings. The van der Waals surface area contributed by atoms with Crippen molar-refractivity contribution >= 4 is 21.4 Å². The topological polar surface area (TPSA) is 49.4 Å². The molecule has 0 amide bonds. The van der Waals surface area contributed by atoms with E-state index in [9.17, 15) is 8.42 Å². The van der Waals surface area contributed by atoms with Crippen molar-refractivity contribution in [2.45, 2.75) is 31.7 Å². The number of sulfonamides is 1. The highest BCUT2D eigenvalue weighted by Gasteiger charge is 2.27. The monoisotopic (exact) mass is 316 g/mol. The number of hydrogen-bond acceptors (Lipinski definition) is 4. The maximum Gasteiger partial charge on any atom is 0.214 e. The van der Waals surface area contributed by atoms with E-state index in [2.05, 4.69) is 22.8 Å². The van der Waals surface area contributed by atoms with E-state index in [4.69, 9.17) is 0 Å². The van der Waals surface area contributed by atoms with Crippen molar-refractivity contribution in [2.24, 2.45) is 5.92 Å². The van der Waals surface area contributed by atoms with Crippen molar-refractivity contribution in [3.05, 3.63) is 22.4 Å². The SMILES string of the molecule is CN(C)S(=O)(=O)CCNC(c1cccs1)C1CCCC1. The smallest absolute Gasteiger partial charge is 0.214 e. The number of nitrogens with one attached hydrogen (secondary N) is 1. The van der Waals surface area contributed by atoms with Crippen molar-refractivity contribution in [3.8, 4) is 0 Å². The van der Waals surface area contributed by atoms with Crippen LogP contribution in [0.15, 0.2) is 17.5 Å². The number of rotatable bonds is 7. The van der Waals surface area contributed by atoms with Crippen LogP contribution in [0.4, 0.5) is 0 Å². The minimum absolute atomic E-state index is 0.161. The molecule has 114 valence electrons. The van der Waals surface area contributed by atoms with E-state index in [1.165, 1.54) is 34.9 Å². The Hall–Kier alpha value is -0.430. The molecule has 0 aromatic carbocycles. The molecule has 1 aromatic rings. The Kier molecular flexibility index (Phi) is 5.60. The van der Waals surface area contributed by atoms with Crippen molar-refractivity contribution < 1.29 is 8.42 Å². The van der Waals surface area contributed by atoms with E-state index in [-0.39, 0.29) is 5.75 Å². The minimum atomic E-state index is -3.11. The second-order valence-electron chi connectivity index (χ2n) is 5.59. The highest BCUT2D eigenvalue weighted by atomic mass is 32.2. The molecule has 0 spiro atoms. The van der Waals surface area contributed by atoms with Crippen LogP contribution in [-0.2, 0) is 10.0 Å². The van der Waals surface area contributed by atoms with E-state index in [1.54, 1.807) is 25.4 Å². The lowest BCUT2D eigenvalue weighted by atomic mass is 9.97. The van der Waals surface area contributed by atoms with E-state index in [0.29, 0.717) is 18.5 Å². The maximum absolute atomic E-state index is 11.8. The van der Waals surface area contributed by atoms with Gasteiger partial charge in [0.15, 0.2) is 0 Å². The Labute approximate surface area is 126 Å². The Morgan fingerprint density at radius 2 is 2.10 bits per heavy atom. The molecular formula is C14H24N2O2S2. The van der Waals surface area contributed by atoms with Gasteiger partial charge in [0.25, 0.3) is 0 Å². The molecule has 20 heavy (non-hydrogen) atoms. The number of nitrogens with zero attached hydrogens (tertiary/aromatic N) is 1. The second kappa shape index (κ2) is 7.02. The van der Waals surface area contributed by atoms with Crippen molar-refractivity contribution in [1.29, 1.82) is 0 Å². The zero-order valence-corrected chi connectivity index (χ0v) is 13.8. The van der Waals surface area contributed by atoms with Gasteiger partial charge in [-0.3, -0.25) is 0 Å².